The van der Waals surface area contributed by atoms with Gasteiger partial charge in [0.05, 0.1) is 6.26 Å². The maximum absolute atomic E-state index is 11.8. The Morgan fingerprint density at radius 3 is 2.94 bits per heavy atom. The summed E-state index contributed by atoms with van der Waals surface area (Å²) in [7, 11) is 1.83. The van der Waals surface area contributed by atoms with Gasteiger partial charge in [0, 0.05) is 26.1 Å². The second-order valence-corrected chi connectivity index (χ2v) is 4.68. The number of likely N-dealkylation sites (N-methyl/N-ethyl adjacent to an activating group) is 1. The van der Waals surface area contributed by atoms with Crippen LogP contribution >= 0.6 is 0 Å². The van der Waals surface area contributed by atoms with Crippen molar-refractivity contribution in [2.75, 3.05) is 13.6 Å². The van der Waals surface area contributed by atoms with Gasteiger partial charge in [0.15, 0.2) is 0 Å². The Labute approximate surface area is 102 Å². The van der Waals surface area contributed by atoms with E-state index in [0.29, 0.717) is 12.6 Å². The third-order valence-corrected chi connectivity index (χ3v) is 3.30. The van der Waals surface area contributed by atoms with Gasteiger partial charge in [-0.25, -0.2) is 4.79 Å². The van der Waals surface area contributed by atoms with E-state index >= 15 is 0 Å². The van der Waals surface area contributed by atoms with Crippen LogP contribution in [0.25, 0.3) is 0 Å². The van der Waals surface area contributed by atoms with Crippen LogP contribution in [-0.4, -0.2) is 30.6 Å². The summed E-state index contributed by atoms with van der Waals surface area (Å²) in [5.74, 6) is 0.922. The van der Waals surface area contributed by atoms with Gasteiger partial charge in [-0.2, -0.15) is 0 Å². The van der Waals surface area contributed by atoms with E-state index < -0.39 is 0 Å². The molecule has 0 radical (unpaired) electrons. The van der Waals surface area contributed by atoms with E-state index in [2.05, 4.69) is 5.32 Å². The van der Waals surface area contributed by atoms with Crippen molar-refractivity contribution >= 4 is 6.03 Å². The molecule has 0 aliphatic heterocycles. The molecule has 17 heavy (non-hydrogen) atoms. The fourth-order valence-corrected chi connectivity index (χ4v) is 2.19. The zero-order valence-electron chi connectivity index (χ0n) is 10.3. The van der Waals surface area contributed by atoms with E-state index in [9.17, 15) is 4.79 Å². The van der Waals surface area contributed by atoms with Gasteiger partial charge in [-0.05, 0) is 25.0 Å². The first kappa shape index (κ1) is 12.0. The first-order chi connectivity index (χ1) is 8.25. The SMILES string of the molecule is CN(CCc1ccco1)C(=O)NC1CCCC1. The largest absolute Gasteiger partial charge is 0.469 e. The fourth-order valence-electron chi connectivity index (χ4n) is 2.19. The normalized spacial score (nSPS) is 16.1. The van der Waals surface area contributed by atoms with Crippen molar-refractivity contribution in [2.24, 2.45) is 0 Å². The highest BCUT2D eigenvalue weighted by molar-refractivity contribution is 5.74. The number of carbonyl (C=O) groups excluding carboxylic acids is 1. The highest BCUT2D eigenvalue weighted by atomic mass is 16.3. The first-order valence-corrected chi connectivity index (χ1v) is 6.30. The maximum Gasteiger partial charge on any atom is 0.317 e. The summed E-state index contributed by atoms with van der Waals surface area (Å²) in [5.41, 5.74) is 0. The molecular weight excluding hydrogens is 216 g/mol. The summed E-state index contributed by atoms with van der Waals surface area (Å²) in [6.45, 7) is 0.687. The lowest BCUT2D eigenvalue weighted by atomic mass is 10.2. The van der Waals surface area contributed by atoms with Crippen LogP contribution in [-0.2, 0) is 6.42 Å². The van der Waals surface area contributed by atoms with Gasteiger partial charge in [-0.1, -0.05) is 12.8 Å². The predicted molar refractivity (Wildman–Crippen MR) is 65.8 cm³/mol. The molecule has 0 saturated heterocycles. The van der Waals surface area contributed by atoms with E-state index in [1.54, 1.807) is 11.2 Å². The number of furan rings is 1. The number of urea groups is 1. The Morgan fingerprint density at radius 1 is 1.53 bits per heavy atom. The van der Waals surface area contributed by atoms with Crippen LogP contribution in [0.15, 0.2) is 22.8 Å². The van der Waals surface area contributed by atoms with Gasteiger partial charge in [-0.15, -0.1) is 0 Å². The molecule has 1 heterocycles. The molecule has 1 aromatic rings. The molecule has 0 spiro atoms. The van der Waals surface area contributed by atoms with Crippen LogP contribution in [0.4, 0.5) is 4.79 Å². The Bertz CT molecular complexity index is 342. The Balaban J connectivity index is 1.71. The summed E-state index contributed by atoms with van der Waals surface area (Å²) in [5, 5.41) is 3.07. The lowest BCUT2D eigenvalue weighted by Crippen LogP contribution is -2.42. The minimum atomic E-state index is 0.0310. The molecule has 0 unspecified atom stereocenters. The third-order valence-electron chi connectivity index (χ3n) is 3.30. The summed E-state index contributed by atoms with van der Waals surface area (Å²) in [6.07, 6.45) is 7.15. The molecule has 4 heteroatoms. The number of nitrogens with zero attached hydrogens (tertiary/aromatic N) is 1. The van der Waals surface area contributed by atoms with Gasteiger partial charge >= 0.3 is 6.03 Å². The van der Waals surface area contributed by atoms with Gasteiger partial charge in [0.25, 0.3) is 0 Å². The average Bonchev–Trinajstić information content (AvgIpc) is 2.98. The van der Waals surface area contributed by atoms with Crippen LogP contribution in [0.1, 0.15) is 31.4 Å². The number of carbonyl (C=O) groups is 1. The topological polar surface area (TPSA) is 45.5 Å². The Kier molecular flexibility index (Phi) is 4.07. The summed E-state index contributed by atoms with van der Waals surface area (Å²) >= 11 is 0. The zero-order chi connectivity index (χ0) is 12.1. The number of rotatable bonds is 4. The first-order valence-electron chi connectivity index (χ1n) is 6.30. The molecule has 0 bridgehead atoms. The standard InChI is InChI=1S/C13H20N2O2/c1-15(9-8-12-7-4-10-17-12)13(16)14-11-5-2-3-6-11/h4,7,10-11H,2-3,5-6,8-9H2,1H3,(H,14,16). The lowest BCUT2D eigenvalue weighted by molar-refractivity contribution is 0.204. The molecule has 4 nitrogen and oxygen atoms in total. The quantitative estimate of drug-likeness (QED) is 0.872. The second-order valence-electron chi connectivity index (χ2n) is 4.68. The predicted octanol–water partition coefficient (Wildman–Crippen LogP) is 2.41. The van der Waals surface area contributed by atoms with E-state index in [1.165, 1.54) is 12.8 Å². The van der Waals surface area contributed by atoms with Gasteiger partial charge in [0.2, 0.25) is 0 Å². The zero-order valence-corrected chi connectivity index (χ0v) is 10.3. The van der Waals surface area contributed by atoms with E-state index in [0.717, 1.165) is 25.0 Å². The van der Waals surface area contributed by atoms with Crippen LogP contribution in [0, 0.1) is 0 Å². The van der Waals surface area contributed by atoms with Gasteiger partial charge < -0.3 is 14.6 Å². The van der Waals surface area contributed by atoms with Crippen molar-refractivity contribution in [1.29, 1.82) is 0 Å². The summed E-state index contributed by atoms with van der Waals surface area (Å²) < 4.78 is 5.24. The van der Waals surface area contributed by atoms with Gasteiger partial charge in [0.1, 0.15) is 5.76 Å². The monoisotopic (exact) mass is 236 g/mol. The number of nitrogens with one attached hydrogen (secondary N) is 1. The highest BCUT2D eigenvalue weighted by Gasteiger charge is 2.18. The Morgan fingerprint density at radius 2 is 2.29 bits per heavy atom. The smallest absolute Gasteiger partial charge is 0.317 e. The van der Waals surface area contributed by atoms with Gasteiger partial charge in [-0.3, -0.25) is 0 Å². The molecule has 94 valence electrons. The van der Waals surface area contributed by atoms with E-state index in [1.807, 2.05) is 19.2 Å². The second kappa shape index (κ2) is 5.75. The summed E-state index contributed by atoms with van der Waals surface area (Å²) in [4.78, 5) is 13.6. The minimum Gasteiger partial charge on any atom is -0.469 e. The van der Waals surface area contributed by atoms with Crippen molar-refractivity contribution in [1.82, 2.24) is 10.2 Å². The molecule has 2 amide bonds. The number of hydrogen-bond donors (Lipinski definition) is 1. The maximum atomic E-state index is 11.8. The minimum absolute atomic E-state index is 0.0310. The van der Waals surface area contributed by atoms with E-state index in [-0.39, 0.29) is 6.03 Å². The highest BCUT2D eigenvalue weighted by Crippen LogP contribution is 2.17. The molecule has 0 atom stereocenters. The van der Waals surface area contributed by atoms with E-state index in [4.69, 9.17) is 4.42 Å². The third kappa shape index (κ3) is 3.51. The molecule has 1 fully saturated rings. The van der Waals surface area contributed by atoms with Crippen LogP contribution in [0.2, 0.25) is 0 Å². The van der Waals surface area contributed by atoms with Crippen molar-refractivity contribution in [3.63, 3.8) is 0 Å². The van der Waals surface area contributed by atoms with Crippen LogP contribution in [0.3, 0.4) is 0 Å². The molecule has 1 aliphatic rings. The molecule has 1 saturated carbocycles. The molecule has 1 aliphatic carbocycles. The van der Waals surface area contributed by atoms with Crippen molar-refractivity contribution in [3.05, 3.63) is 24.2 Å². The van der Waals surface area contributed by atoms with Crippen molar-refractivity contribution in [2.45, 2.75) is 38.1 Å². The fraction of sp³-hybridized carbons (Fsp3) is 0.615. The van der Waals surface area contributed by atoms with Crippen LogP contribution < -0.4 is 5.32 Å². The molecule has 1 N–H and O–H groups in total. The molecule has 2 rings (SSSR count). The van der Waals surface area contributed by atoms with Crippen LogP contribution in [0.5, 0.6) is 0 Å². The lowest BCUT2D eigenvalue weighted by Gasteiger charge is -2.20. The molecule has 0 aromatic carbocycles. The molecular formula is C13H20N2O2. The molecule has 1 aromatic heterocycles. The number of hydrogen-bond acceptors (Lipinski definition) is 2. The number of amides is 2. The van der Waals surface area contributed by atoms with Crippen molar-refractivity contribution in [3.8, 4) is 0 Å². The van der Waals surface area contributed by atoms with Crippen molar-refractivity contribution < 1.29 is 9.21 Å². The summed E-state index contributed by atoms with van der Waals surface area (Å²) in [6, 6.07) is 4.22. The Hall–Kier alpha value is -1.45. The average molecular weight is 236 g/mol.